The molecule has 0 atom stereocenters. The number of ether oxygens (including phenoxy) is 1. The molecule has 6 heteroatoms. The first-order valence-corrected chi connectivity index (χ1v) is 10.3. The van der Waals surface area contributed by atoms with Crippen molar-refractivity contribution in [1.82, 2.24) is 9.88 Å². The summed E-state index contributed by atoms with van der Waals surface area (Å²) in [6.45, 7) is 8.06. The number of aromatic nitrogens is 1. The summed E-state index contributed by atoms with van der Waals surface area (Å²) in [5, 5.41) is 0.740. The molecule has 0 spiro atoms. The zero-order chi connectivity index (χ0) is 20.3. The zero-order valence-corrected chi connectivity index (χ0v) is 18.0. The number of likely N-dealkylation sites (N-methyl/N-ethyl adjacent to an activating group) is 1. The molecule has 0 radical (unpaired) electrons. The molecule has 0 aliphatic heterocycles. The average Bonchev–Trinajstić information content (AvgIpc) is 3.10. The third kappa shape index (κ3) is 4.34. The fourth-order valence-corrected chi connectivity index (χ4v) is 3.98. The van der Waals surface area contributed by atoms with E-state index in [2.05, 4.69) is 30.9 Å². The standard InChI is InChI=1S/C22H27N3O2S/c1-6-27-18-10-8-17(9-11-18)21(26)25(14-13-24(4)5)22-23-20-16(3)15(2)7-12-19(20)28-22/h7-12H,6,13-14H2,1-5H3. The normalized spacial score (nSPS) is 11.2. The molecule has 0 saturated heterocycles. The maximum atomic E-state index is 13.3. The van der Waals surface area contributed by atoms with Crippen LogP contribution in [0, 0.1) is 13.8 Å². The van der Waals surface area contributed by atoms with Gasteiger partial charge >= 0.3 is 0 Å². The van der Waals surface area contributed by atoms with Crippen molar-refractivity contribution in [3.8, 4) is 5.75 Å². The fraction of sp³-hybridized carbons (Fsp3) is 0.364. The minimum atomic E-state index is -0.0432. The zero-order valence-electron chi connectivity index (χ0n) is 17.2. The summed E-state index contributed by atoms with van der Waals surface area (Å²) < 4.78 is 6.59. The third-order valence-electron chi connectivity index (χ3n) is 4.73. The Labute approximate surface area is 170 Å². The lowest BCUT2D eigenvalue weighted by Gasteiger charge is -2.22. The van der Waals surface area contributed by atoms with Gasteiger partial charge in [0.25, 0.3) is 5.91 Å². The van der Waals surface area contributed by atoms with E-state index in [4.69, 9.17) is 9.72 Å². The molecule has 1 heterocycles. The Kier molecular flexibility index (Phi) is 6.31. The quantitative estimate of drug-likeness (QED) is 0.588. The van der Waals surface area contributed by atoms with Crippen LogP contribution in [0.2, 0.25) is 0 Å². The fourth-order valence-electron chi connectivity index (χ4n) is 2.93. The van der Waals surface area contributed by atoms with Crippen LogP contribution in [0.5, 0.6) is 5.75 Å². The molecule has 1 amide bonds. The molecular formula is C22H27N3O2S. The van der Waals surface area contributed by atoms with Crippen LogP contribution in [0.25, 0.3) is 10.2 Å². The highest BCUT2D eigenvalue weighted by atomic mass is 32.1. The van der Waals surface area contributed by atoms with Crippen LogP contribution in [0.15, 0.2) is 36.4 Å². The first kappa shape index (κ1) is 20.3. The number of amides is 1. The first-order chi connectivity index (χ1) is 13.4. The number of fused-ring (bicyclic) bond motifs is 1. The van der Waals surface area contributed by atoms with Crippen LogP contribution < -0.4 is 9.64 Å². The van der Waals surface area contributed by atoms with Gasteiger partial charge in [-0.3, -0.25) is 9.69 Å². The molecule has 3 rings (SSSR count). The number of hydrogen-bond acceptors (Lipinski definition) is 5. The van der Waals surface area contributed by atoms with Crippen LogP contribution in [0.4, 0.5) is 5.13 Å². The predicted molar refractivity (Wildman–Crippen MR) is 117 cm³/mol. The van der Waals surface area contributed by atoms with Crippen LogP contribution in [-0.2, 0) is 0 Å². The Morgan fingerprint density at radius 2 is 1.79 bits per heavy atom. The number of rotatable bonds is 7. The van der Waals surface area contributed by atoms with Gasteiger partial charge in [0.15, 0.2) is 5.13 Å². The second-order valence-electron chi connectivity index (χ2n) is 7.07. The summed E-state index contributed by atoms with van der Waals surface area (Å²) in [6.07, 6.45) is 0. The van der Waals surface area contributed by atoms with E-state index in [0.717, 1.165) is 27.6 Å². The first-order valence-electron chi connectivity index (χ1n) is 9.47. The highest BCUT2D eigenvalue weighted by molar-refractivity contribution is 7.22. The van der Waals surface area contributed by atoms with Crippen LogP contribution in [0.1, 0.15) is 28.4 Å². The highest BCUT2D eigenvalue weighted by Gasteiger charge is 2.22. The van der Waals surface area contributed by atoms with E-state index in [-0.39, 0.29) is 5.91 Å². The summed E-state index contributed by atoms with van der Waals surface area (Å²) in [4.78, 5) is 22.0. The van der Waals surface area contributed by atoms with Crippen molar-refractivity contribution in [2.24, 2.45) is 0 Å². The topological polar surface area (TPSA) is 45.7 Å². The van der Waals surface area contributed by atoms with Crippen LogP contribution in [-0.4, -0.2) is 49.6 Å². The van der Waals surface area contributed by atoms with E-state index in [0.29, 0.717) is 18.7 Å². The summed E-state index contributed by atoms with van der Waals surface area (Å²) in [5.74, 6) is 0.725. The Bertz CT molecular complexity index is 964. The van der Waals surface area contributed by atoms with E-state index < -0.39 is 0 Å². The number of anilines is 1. The molecule has 0 saturated carbocycles. The van der Waals surface area contributed by atoms with Gasteiger partial charge in [0.05, 0.1) is 16.8 Å². The molecule has 0 N–H and O–H groups in total. The molecule has 3 aromatic rings. The number of carbonyl (C=O) groups excluding carboxylic acids is 1. The molecular weight excluding hydrogens is 370 g/mol. The second-order valence-corrected chi connectivity index (χ2v) is 8.08. The third-order valence-corrected chi connectivity index (χ3v) is 5.78. The summed E-state index contributed by atoms with van der Waals surface area (Å²) in [7, 11) is 4.01. The maximum Gasteiger partial charge on any atom is 0.260 e. The number of carbonyl (C=O) groups is 1. The monoisotopic (exact) mass is 397 g/mol. The van der Waals surface area contributed by atoms with Gasteiger partial charge in [0.1, 0.15) is 5.75 Å². The van der Waals surface area contributed by atoms with Crippen LogP contribution >= 0.6 is 11.3 Å². The molecule has 148 valence electrons. The number of thiazole rings is 1. The van der Waals surface area contributed by atoms with Crippen LogP contribution in [0.3, 0.4) is 0 Å². The van der Waals surface area contributed by atoms with Crippen molar-refractivity contribution in [2.45, 2.75) is 20.8 Å². The van der Waals surface area contributed by atoms with Gasteiger partial charge < -0.3 is 9.64 Å². The molecule has 0 aliphatic carbocycles. The van der Waals surface area contributed by atoms with Gasteiger partial charge in [-0.1, -0.05) is 17.4 Å². The van der Waals surface area contributed by atoms with E-state index >= 15 is 0 Å². The van der Waals surface area contributed by atoms with E-state index in [1.54, 1.807) is 16.2 Å². The molecule has 28 heavy (non-hydrogen) atoms. The Morgan fingerprint density at radius 1 is 1.07 bits per heavy atom. The number of nitrogens with zero attached hydrogens (tertiary/aromatic N) is 3. The van der Waals surface area contributed by atoms with E-state index in [1.807, 2.05) is 45.3 Å². The summed E-state index contributed by atoms with van der Waals surface area (Å²) in [5.41, 5.74) is 3.99. The van der Waals surface area contributed by atoms with Gasteiger partial charge in [0, 0.05) is 18.7 Å². The smallest absolute Gasteiger partial charge is 0.260 e. The van der Waals surface area contributed by atoms with Crippen molar-refractivity contribution >= 4 is 32.6 Å². The highest BCUT2D eigenvalue weighted by Crippen LogP contribution is 2.32. The van der Waals surface area contributed by atoms with Crippen molar-refractivity contribution in [1.29, 1.82) is 0 Å². The van der Waals surface area contributed by atoms with Crippen molar-refractivity contribution in [3.05, 3.63) is 53.1 Å². The minimum absolute atomic E-state index is 0.0432. The average molecular weight is 398 g/mol. The summed E-state index contributed by atoms with van der Waals surface area (Å²) >= 11 is 1.56. The van der Waals surface area contributed by atoms with Gasteiger partial charge in [0.2, 0.25) is 0 Å². The Hall–Kier alpha value is -2.44. The molecule has 0 unspecified atom stereocenters. The minimum Gasteiger partial charge on any atom is -0.494 e. The van der Waals surface area contributed by atoms with Crippen molar-refractivity contribution in [2.75, 3.05) is 38.7 Å². The van der Waals surface area contributed by atoms with E-state index in [1.165, 1.54) is 11.1 Å². The Balaban J connectivity index is 1.96. The van der Waals surface area contributed by atoms with E-state index in [9.17, 15) is 4.79 Å². The van der Waals surface area contributed by atoms with Gasteiger partial charge in [-0.15, -0.1) is 0 Å². The number of aryl methyl sites for hydroxylation is 2. The van der Waals surface area contributed by atoms with Gasteiger partial charge in [-0.25, -0.2) is 4.98 Å². The molecule has 1 aromatic heterocycles. The van der Waals surface area contributed by atoms with Gasteiger partial charge in [-0.05, 0) is 76.3 Å². The molecule has 0 fully saturated rings. The SMILES string of the molecule is CCOc1ccc(C(=O)N(CCN(C)C)c2nc3c(C)c(C)ccc3s2)cc1. The Morgan fingerprint density at radius 3 is 2.43 bits per heavy atom. The lowest BCUT2D eigenvalue weighted by atomic mass is 10.1. The lowest BCUT2D eigenvalue weighted by Crippen LogP contribution is -2.36. The summed E-state index contributed by atoms with van der Waals surface area (Å²) in [6, 6.07) is 11.5. The van der Waals surface area contributed by atoms with Crippen molar-refractivity contribution in [3.63, 3.8) is 0 Å². The molecule has 2 aromatic carbocycles. The van der Waals surface area contributed by atoms with Crippen molar-refractivity contribution < 1.29 is 9.53 Å². The maximum absolute atomic E-state index is 13.3. The predicted octanol–water partition coefficient (Wildman–Crippen LogP) is 4.52. The number of benzene rings is 2. The largest absolute Gasteiger partial charge is 0.494 e. The molecule has 5 nitrogen and oxygen atoms in total. The molecule has 0 aliphatic rings. The molecule has 0 bridgehead atoms. The second kappa shape index (κ2) is 8.71. The number of hydrogen-bond donors (Lipinski definition) is 0. The van der Waals surface area contributed by atoms with Gasteiger partial charge in [-0.2, -0.15) is 0 Å². The lowest BCUT2D eigenvalue weighted by molar-refractivity contribution is 0.0985.